The van der Waals surface area contributed by atoms with Gasteiger partial charge < -0.3 is 8.84 Å². The van der Waals surface area contributed by atoms with Gasteiger partial charge in [0.15, 0.2) is 0 Å². The number of hydrogen-bond donors (Lipinski definition) is 0. The van der Waals surface area contributed by atoms with Crippen LogP contribution in [-0.2, 0) is 0 Å². The van der Waals surface area contributed by atoms with Crippen LogP contribution in [-0.4, -0.2) is 13.3 Å². The van der Waals surface area contributed by atoms with Crippen LogP contribution in [0.4, 0.5) is 0 Å². The van der Waals surface area contributed by atoms with Gasteiger partial charge in [0.2, 0.25) is 8.32 Å². The van der Waals surface area contributed by atoms with Crippen LogP contribution in [0.1, 0.15) is 20.8 Å². The zero-order valence-electron chi connectivity index (χ0n) is 14.4. The van der Waals surface area contributed by atoms with Crippen LogP contribution >= 0.6 is 0 Å². The van der Waals surface area contributed by atoms with Crippen molar-refractivity contribution in [3.8, 4) is 16.9 Å². The Hall–Kier alpha value is -2.07. The van der Waals surface area contributed by atoms with E-state index in [9.17, 15) is 0 Å². The molecule has 3 aromatic rings. The van der Waals surface area contributed by atoms with Gasteiger partial charge in [0.1, 0.15) is 11.3 Å². The van der Waals surface area contributed by atoms with E-state index in [4.69, 9.17) is 8.84 Å². The SMILES string of the molecule is CC(C)(C)[Si](C)(C)Oc1ccc2c(-c3cccnc3)coc2c1. The fraction of sp³-hybridized carbons (Fsp3) is 0.316. The second kappa shape index (κ2) is 5.53. The smallest absolute Gasteiger partial charge is 0.250 e. The summed E-state index contributed by atoms with van der Waals surface area (Å²) < 4.78 is 12.1. The molecule has 3 nitrogen and oxygen atoms in total. The highest BCUT2D eigenvalue weighted by molar-refractivity contribution is 6.74. The Kier molecular flexibility index (Phi) is 3.80. The summed E-state index contributed by atoms with van der Waals surface area (Å²) in [4.78, 5) is 4.18. The summed E-state index contributed by atoms with van der Waals surface area (Å²) in [5, 5.41) is 1.26. The molecule has 0 unspecified atom stereocenters. The molecule has 2 aromatic heterocycles. The average Bonchev–Trinajstić information content (AvgIpc) is 2.89. The quantitative estimate of drug-likeness (QED) is 0.564. The van der Waals surface area contributed by atoms with Crippen LogP contribution in [0.5, 0.6) is 5.75 Å². The summed E-state index contributed by atoms with van der Waals surface area (Å²) in [5.41, 5.74) is 2.97. The van der Waals surface area contributed by atoms with E-state index in [0.717, 1.165) is 27.8 Å². The van der Waals surface area contributed by atoms with Gasteiger partial charge in [0.05, 0.1) is 6.26 Å². The lowest BCUT2D eigenvalue weighted by Crippen LogP contribution is -2.43. The molecule has 0 N–H and O–H groups in total. The van der Waals surface area contributed by atoms with Crippen LogP contribution in [0.2, 0.25) is 18.1 Å². The van der Waals surface area contributed by atoms with Crippen molar-refractivity contribution in [2.24, 2.45) is 0 Å². The van der Waals surface area contributed by atoms with E-state index < -0.39 is 8.32 Å². The number of pyridine rings is 1. The summed E-state index contributed by atoms with van der Waals surface area (Å²) >= 11 is 0. The summed E-state index contributed by atoms with van der Waals surface area (Å²) in [5.74, 6) is 0.885. The molecule has 4 heteroatoms. The maximum absolute atomic E-state index is 6.36. The molecule has 0 spiro atoms. The zero-order chi connectivity index (χ0) is 16.7. The van der Waals surface area contributed by atoms with Gasteiger partial charge in [-0.15, -0.1) is 0 Å². The number of hydrogen-bond acceptors (Lipinski definition) is 3. The van der Waals surface area contributed by atoms with Crippen LogP contribution in [0.15, 0.2) is 53.4 Å². The number of fused-ring (bicyclic) bond motifs is 1. The lowest BCUT2D eigenvalue weighted by Gasteiger charge is -2.36. The number of benzene rings is 1. The molecular weight excluding hydrogens is 302 g/mol. The Morgan fingerprint density at radius 2 is 1.91 bits per heavy atom. The van der Waals surface area contributed by atoms with Gasteiger partial charge in [0, 0.05) is 35.0 Å². The van der Waals surface area contributed by atoms with Gasteiger partial charge in [-0.25, -0.2) is 0 Å². The number of aromatic nitrogens is 1. The molecular formula is C19H23NO2Si. The van der Waals surface area contributed by atoms with Gasteiger partial charge in [-0.05, 0) is 36.3 Å². The van der Waals surface area contributed by atoms with E-state index >= 15 is 0 Å². The second-order valence-electron chi connectivity index (χ2n) is 7.41. The summed E-state index contributed by atoms with van der Waals surface area (Å²) in [6.45, 7) is 11.2. The first-order chi connectivity index (χ1) is 10.8. The molecule has 0 saturated heterocycles. The molecule has 23 heavy (non-hydrogen) atoms. The van der Waals surface area contributed by atoms with Crippen molar-refractivity contribution >= 4 is 19.3 Å². The molecule has 0 fully saturated rings. The van der Waals surface area contributed by atoms with Crippen molar-refractivity contribution < 1.29 is 8.84 Å². The molecule has 3 rings (SSSR count). The van der Waals surface area contributed by atoms with Gasteiger partial charge in [-0.3, -0.25) is 4.98 Å². The summed E-state index contributed by atoms with van der Waals surface area (Å²) in [6.07, 6.45) is 5.42. The number of furan rings is 1. The van der Waals surface area contributed by atoms with Crippen molar-refractivity contribution in [3.63, 3.8) is 0 Å². The minimum absolute atomic E-state index is 0.173. The maximum Gasteiger partial charge on any atom is 0.250 e. The lowest BCUT2D eigenvalue weighted by atomic mass is 10.1. The van der Waals surface area contributed by atoms with Crippen molar-refractivity contribution in [1.82, 2.24) is 4.98 Å². The fourth-order valence-corrected chi connectivity index (χ4v) is 3.29. The third-order valence-electron chi connectivity index (χ3n) is 4.70. The highest BCUT2D eigenvalue weighted by Gasteiger charge is 2.39. The Labute approximate surface area is 138 Å². The third kappa shape index (κ3) is 3.04. The lowest BCUT2D eigenvalue weighted by molar-refractivity contribution is 0.491. The van der Waals surface area contributed by atoms with Crippen molar-refractivity contribution in [2.75, 3.05) is 0 Å². The van der Waals surface area contributed by atoms with E-state index in [2.05, 4.69) is 44.9 Å². The Morgan fingerprint density at radius 3 is 2.57 bits per heavy atom. The van der Waals surface area contributed by atoms with Crippen molar-refractivity contribution in [2.45, 2.75) is 38.9 Å². The van der Waals surface area contributed by atoms with Gasteiger partial charge >= 0.3 is 0 Å². The molecule has 0 saturated carbocycles. The highest BCUT2D eigenvalue weighted by Crippen LogP contribution is 2.39. The number of rotatable bonds is 3. The van der Waals surface area contributed by atoms with E-state index in [1.807, 2.05) is 30.5 Å². The van der Waals surface area contributed by atoms with Crippen molar-refractivity contribution in [3.05, 3.63) is 49.0 Å². The third-order valence-corrected chi connectivity index (χ3v) is 9.06. The van der Waals surface area contributed by atoms with Crippen LogP contribution < -0.4 is 4.43 Å². The molecule has 0 amide bonds. The van der Waals surface area contributed by atoms with Gasteiger partial charge in [-0.2, -0.15) is 0 Å². The molecule has 0 aliphatic rings. The number of nitrogens with zero attached hydrogens (tertiary/aromatic N) is 1. The van der Waals surface area contributed by atoms with Crippen LogP contribution in [0.25, 0.3) is 22.1 Å². The predicted molar refractivity (Wildman–Crippen MR) is 97.3 cm³/mol. The molecule has 0 bridgehead atoms. The molecule has 0 atom stereocenters. The predicted octanol–water partition coefficient (Wildman–Crippen LogP) is 5.88. The first kappa shape index (κ1) is 15.8. The van der Waals surface area contributed by atoms with E-state index in [-0.39, 0.29) is 5.04 Å². The first-order valence-electron chi connectivity index (χ1n) is 7.89. The van der Waals surface area contributed by atoms with Crippen molar-refractivity contribution in [1.29, 1.82) is 0 Å². The Balaban J connectivity index is 1.96. The Bertz CT molecular complexity index is 816. The monoisotopic (exact) mass is 325 g/mol. The summed E-state index contributed by atoms with van der Waals surface area (Å²) in [6, 6.07) is 10.1. The maximum atomic E-state index is 6.36. The molecule has 0 aliphatic heterocycles. The molecule has 120 valence electrons. The van der Waals surface area contributed by atoms with Gasteiger partial charge in [0.25, 0.3) is 0 Å². The average molecular weight is 325 g/mol. The second-order valence-corrected chi connectivity index (χ2v) is 12.1. The Morgan fingerprint density at radius 1 is 1.13 bits per heavy atom. The highest BCUT2D eigenvalue weighted by atomic mass is 28.4. The molecule has 0 radical (unpaired) electrons. The fourth-order valence-electron chi connectivity index (χ4n) is 2.27. The van der Waals surface area contributed by atoms with Crippen LogP contribution in [0, 0.1) is 0 Å². The zero-order valence-corrected chi connectivity index (χ0v) is 15.4. The molecule has 1 aromatic carbocycles. The van der Waals surface area contributed by atoms with E-state index in [0.29, 0.717) is 0 Å². The van der Waals surface area contributed by atoms with E-state index in [1.165, 1.54) is 0 Å². The minimum Gasteiger partial charge on any atom is -0.543 e. The topological polar surface area (TPSA) is 35.3 Å². The van der Waals surface area contributed by atoms with Gasteiger partial charge in [-0.1, -0.05) is 26.8 Å². The normalized spacial score (nSPS) is 12.6. The standard InChI is InChI=1S/C19H23NO2Si/c1-19(2,3)23(4,5)22-15-8-9-16-17(13-21-18(16)11-15)14-7-6-10-20-12-14/h6-13H,1-5H3. The van der Waals surface area contributed by atoms with Crippen LogP contribution in [0.3, 0.4) is 0 Å². The summed E-state index contributed by atoms with van der Waals surface area (Å²) in [7, 11) is -1.84. The largest absolute Gasteiger partial charge is 0.543 e. The van der Waals surface area contributed by atoms with E-state index in [1.54, 1.807) is 12.5 Å². The first-order valence-corrected chi connectivity index (χ1v) is 10.8. The molecule has 0 aliphatic carbocycles. The minimum atomic E-state index is -1.84. The molecule has 2 heterocycles.